The van der Waals surface area contributed by atoms with Crippen LogP contribution in [0.5, 0.6) is 0 Å². The molecule has 0 bridgehead atoms. The minimum absolute atomic E-state index is 0.142. The Kier molecular flexibility index (Phi) is 11.1. The summed E-state index contributed by atoms with van der Waals surface area (Å²) in [6, 6.07) is 6.14. The fourth-order valence-corrected chi connectivity index (χ4v) is 3.90. The van der Waals surface area contributed by atoms with Crippen LogP contribution in [0.1, 0.15) is 36.6 Å². The molecule has 1 atom stereocenters. The van der Waals surface area contributed by atoms with Gasteiger partial charge in [0.1, 0.15) is 0 Å². The maximum absolute atomic E-state index is 12.9. The number of hydrogen-bond acceptors (Lipinski definition) is 6. The highest BCUT2D eigenvalue weighted by atomic mass is 19.4. The molecule has 1 aliphatic carbocycles. The number of carbonyl (C=O) groups excluding carboxylic acids is 1. The van der Waals surface area contributed by atoms with Crippen LogP contribution in [0, 0.1) is 5.92 Å². The van der Waals surface area contributed by atoms with Gasteiger partial charge in [0.15, 0.2) is 0 Å². The molecular weight excluding hydrogens is 578 g/mol. The normalized spacial score (nSPS) is 18.4. The average Bonchev–Trinajstić information content (AvgIpc) is 3.31. The number of pyridine rings is 1. The number of hydrogen-bond donors (Lipinski definition) is 3. The Morgan fingerprint density at radius 3 is 2.07 bits per heavy atom. The third-order valence-corrected chi connectivity index (χ3v) is 5.80. The van der Waals surface area contributed by atoms with Crippen LogP contribution in [0.25, 0.3) is 0 Å². The summed E-state index contributed by atoms with van der Waals surface area (Å²) in [6.07, 6.45) is -4.68. The summed E-state index contributed by atoms with van der Waals surface area (Å²) in [6.45, 7) is 2.90. The number of nitrogens with zero attached hydrogens (tertiary/aromatic N) is 4. The quantitative estimate of drug-likeness (QED) is 0.426. The molecule has 228 valence electrons. The van der Waals surface area contributed by atoms with E-state index in [-0.39, 0.29) is 24.8 Å². The maximum atomic E-state index is 12.9. The van der Waals surface area contributed by atoms with E-state index in [2.05, 4.69) is 26.4 Å². The van der Waals surface area contributed by atoms with Crippen molar-refractivity contribution in [3.8, 4) is 0 Å². The molecule has 18 heteroatoms. The van der Waals surface area contributed by atoms with Crippen molar-refractivity contribution in [1.82, 2.24) is 25.0 Å². The Bertz CT molecular complexity index is 1140. The van der Waals surface area contributed by atoms with E-state index in [0.29, 0.717) is 13.0 Å². The lowest BCUT2D eigenvalue weighted by atomic mass is 9.81. The number of aliphatic carboxylic acids is 2. The third kappa shape index (κ3) is 10.9. The molecular formula is C23H25F8N5O5. The van der Waals surface area contributed by atoms with Crippen molar-refractivity contribution >= 4 is 17.8 Å². The number of aromatic nitrogens is 3. The topological polar surface area (TPSA) is 138 Å². The fourth-order valence-electron chi connectivity index (χ4n) is 3.90. The van der Waals surface area contributed by atoms with Gasteiger partial charge >= 0.3 is 24.3 Å². The number of alkyl halides is 8. The van der Waals surface area contributed by atoms with Gasteiger partial charge in [-0.05, 0) is 24.1 Å². The molecule has 2 aliphatic rings. The average molecular weight is 603 g/mol. The smallest absolute Gasteiger partial charge is 0.475 e. The number of nitrogens with one attached hydrogen (secondary N) is 1. The first-order valence-corrected chi connectivity index (χ1v) is 11.8. The number of carboxylic acids is 2. The van der Waals surface area contributed by atoms with Crippen molar-refractivity contribution in [2.45, 2.75) is 56.7 Å². The van der Waals surface area contributed by atoms with Gasteiger partial charge in [0.05, 0.1) is 11.7 Å². The van der Waals surface area contributed by atoms with Crippen molar-refractivity contribution < 1.29 is 59.7 Å². The van der Waals surface area contributed by atoms with Crippen LogP contribution in [0.3, 0.4) is 0 Å². The van der Waals surface area contributed by atoms with Crippen LogP contribution in [-0.4, -0.2) is 79.1 Å². The second-order valence-electron chi connectivity index (χ2n) is 9.10. The maximum Gasteiger partial charge on any atom is 0.490 e. The van der Waals surface area contributed by atoms with E-state index in [9.17, 15) is 39.9 Å². The first-order valence-electron chi connectivity index (χ1n) is 11.8. The highest BCUT2D eigenvalue weighted by Gasteiger charge is 2.48. The highest BCUT2D eigenvalue weighted by Crippen LogP contribution is 2.42. The summed E-state index contributed by atoms with van der Waals surface area (Å²) in [4.78, 5) is 36.3. The molecule has 2 aromatic rings. The molecule has 1 fully saturated rings. The molecule has 0 saturated heterocycles. The molecule has 10 nitrogen and oxygen atoms in total. The first kappa shape index (κ1) is 33.4. The molecule has 2 aromatic heterocycles. The van der Waals surface area contributed by atoms with Crippen LogP contribution in [0.4, 0.5) is 35.1 Å². The van der Waals surface area contributed by atoms with E-state index in [1.54, 1.807) is 12.4 Å². The van der Waals surface area contributed by atoms with Gasteiger partial charge in [-0.25, -0.2) is 18.4 Å². The number of fused-ring (bicyclic) bond motifs is 1. The van der Waals surface area contributed by atoms with E-state index in [4.69, 9.17) is 19.8 Å². The second kappa shape index (κ2) is 13.7. The zero-order valence-corrected chi connectivity index (χ0v) is 21.0. The van der Waals surface area contributed by atoms with Crippen molar-refractivity contribution in [3.63, 3.8) is 0 Å². The van der Waals surface area contributed by atoms with Crippen LogP contribution in [0.2, 0.25) is 0 Å². The number of rotatable bonds is 6. The summed E-state index contributed by atoms with van der Waals surface area (Å²) in [5, 5.41) is 21.5. The lowest BCUT2D eigenvalue weighted by Crippen LogP contribution is -2.45. The summed E-state index contributed by atoms with van der Waals surface area (Å²) >= 11 is 0. The molecule has 1 saturated carbocycles. The number of amides is 1. The van der Waals surface area contributed by atoms with E-state index < -0.39 is 36.1 Å². The van der Waals surface area contributed by atoms with Crippen LogP contribution >= 0.6 is 0 Å². The predicted molar refractivity (Wildman–Crippen MR) is 122 cm³/mol. The van der Waals surface area contributed by atoms with Gasteiger partial charge in [0.2, 0.25) is 11.8 Å². The summed E-state index contributed by atoms with van der Waals surface area (Å²) in [7, 11) is 0. The molecule has 3 N–H and O–H groups in total. The minimum atomic E-state index is -5.08. The standard InChI is InChI=1S/C19H23F2N5O.2C2HF3O2/c20-19(21)8-15(9-19)18(27)23-6-3-16-12-25(11-14-2-1-5-22-10-14)13-17-4-7-24-26(16)17;2*3-2(4,5)1(6)7/h1-2,4-5,7,10,15-16H,3,6,8-9,11-13H2,(H,23,27);2*(H,6,7). The number of carbonyl (C=O) groups is 3. The highest BCUT2D eigenvalue weighted by molar-refractivity contribution is 5.79. The molecule has 3 heterocycles. The lowest BCUT2D eigenvalue weighted by molar-refractivity contribution is -0.193. The molecule has 1 unspecified atom stereocenters. The molecule has 41 heavy (non-hydrogen) atoms. The summed E-state index contributed by atoms with van der Waals surface area (Å²) < 4.78 is 91.3. The molecule has 0 spiro atoms. The predicted octanol–water partition coefficient (Wildman–Crippen LogP) is 3.65. The van der Waals surface area contributed by atoms with E-state index in [0.717, 1.165) is 30.9 Å². The Labute approximate surface area is 226 Å². The fraction of sp³-hybridized carbons (Fsp3) is 0.522. The number of halogens is 8. The Hall–Kier alpha value is -3.83. The minimum Gasteiger partial charge on any atom is -0.475 e. The van der Waals surface area contributed by atoms with Crippen molar-refractivity contribution in [2.24, 2.45) is 5.92 Å². The monoisotopic (exact) mass is 603 g/mol. The third-order valence-electron chi connectivity index (χ3n) is 5.80. The van der Waals surface area contributed by atoms with Gasteiger partial charge in [-0.2, -0.15) is 31.4 Å². The van der Waals surface area contributed by atoms with Gasteiger partial charge in [0.25, 0.3) is 0 Å². The Morgan fingerprint density at radius 2 is 1.59 bits per heavy atom. The lowest BCUT2D eigenvalue weighted by Gasteiger charge is -2.35. The molecule has 0 aromatic carbocycles. The first-order chi connectivity index (χ1) is 18.9. The van der Waals surface area contributed by atoms with Crippen LogP contribution in [0.15, 0.2) is 36.8 Å². The van der Waals surface area contributed by atoms with Gasteiger partial charge in [-0.15, -0.1) is 0 Å². The largest absolute Gasteiger partial charge is 0.490 e. The van der Waals surface area contributed by atoms with E-state index in [1.807, 2.05) is 23.0 Å². The zero-order chi connectivity index (χ0) is 31.0. The van der Waals surface area contributed by atoms with E-state index >= 15 is 0 Å². The van der Waals surface area contributed by atoms with Gasteiger partial charge in [-0.1, -0.05) is 6.07 Å². The summed E-state index contributed by atoms with van der Waals surface area (Å²) in [5.74, 6) is -8.99. The van der Waals surface area contributed by atoms with Crippen LogP contribution < -0.4 is 5.32 Å². The van der Waals surface area contributed by atoms with Gasteiger partial charge < -0.3 is 15.5 Å². The van der Waals surface area contributed by atoms with Crippen molar-refractivity contribution in [3.05, 3.63) is 48.0 Å². The Morgan fingerprint density at radius 1 is 1.00 bits per heavy atom. The van der Waals surface area contributed by atoms with Gasteiger partial charge in [0, 0.05) is 63.5 Å². The van der Waals surface area contributed by atoms with Gasteiger partial charge in [-0.3, -0.25) is 19.4 Å². The number of carboxylic acid groups (broad SMARTS) is 2. The molecule has 0 radical (unpaired) electrons. The van der Waals surface area contributed by atoms with Crippen molar-refractivity contribution in [1.29, 1.82) is 0 Å². The summed E-state index contributed by atoms with van der Waals surface area (Å²) in [5.41, 5.74) is 2.29. The van der Waals surface area contributed by atoms with Crippen molar-refractivity contribution in [2.75, 3.05) is 13.1 Å². The molecule has 1 aliphatic heterocycles. The van der Waals surface area contributed by atoms with E-state index in [1.165, 1.54) is 0 Å². The second-order valence-corrected chi connectivity index (χ2v) is 9.10. The van der Waals surface area contributed by atoms with Crippen LogP contribution in [-0.2, 0) is 27.5 Å². The molecule has 1 amide bonds. The zero-order valence-electron chi connectivity index (χ0n) is 21.0. The molecule has 4 rings (SSSR count). The Balaban J connectivity index is 0.000000349. The SMILES string of the molecule is O=C(NCCC1CN(Cc2cccnc2)Cc2ccnn21)C1CC(F)(F)C1.O=C(O)C(F)(F)F.O=C(O)C(F)(F)F.